The average Bonchev–Trinajstić information content (AvgIpc) is 2.16. The van der Waals surface area contributed by atoms with Gasteiger partial charge in [0, 0.05) is 6.61 Å². The summed E-state index contributed by atoms with van der Waals surface area (Å²) in [4.78, 5) is 0. The highest BCUT2D eigenvalue weighted by molar-refractivity contribution is 4.96. The van der Waals surface area contributed by atoms with Crippen molar-refractivity contribution in [1.82, 2.24) is 0 Å². The van der Waals surface area contributed by atoms with Crippen molar-refractivity contribution in [3.05, 3.63) is 0 Å². The summed E-state index contributed by atoms with van der Waals surface area (Å²) in [5, 5.41) is 8.88. The van der Waals surface area contributed by atoms with Gasteiger partial charge in [0.25, 0.3) is 0 Å². The molecule has 0 aromatic heterocycles. The van der Waals surface area contributed by atoms with Gasteiger partial charge in [0.05, 0.1) is 0 Å². The van der Waals surface area contributed by atoms with E-state index in [9.17, 15) is 0 Å². The van der Waals surface area contributed by atoms with E-state index in [4.69, 9.17) is 10.8 Å². The Kier molecular flexibility index (Phi) is 3.13. The van der Waals surface area contributed by atoms with Crippen molar-refractivity contribution < 1.29 is 5.11 Å². The van der Waals surface area contributed by atoms with E-state index in [2.05, 4.69) is 0 Å². The minimum absolute atomic E-state index is 0.378. The maximum absolute atomic E-state index is 8.88. The maximum atomic E-state index is 8.88. The number of hydrogen-bond acceptors (Lipinski definition) is 2. The molecular formula is C12H23NO. The molecule has 0 heterocycles. The summed E-state index contributed by atoms with van der Waals surface area (Å²) >= 11 is 0. The van der Waals surface area contributed by atoms with Gasteiger partial charge in [-0.1, -0.05) is 0 Å². The van der Waals surface area contributed by atoms with Crippen LogP contribution in [0.25, 0.3) is 0 Å². The molecule has 2 nitrogen and oxygen atoms in total. The van der Waals surface area contributed by atoms with Gasteiger partial charge >= 0.3 is 0 Å². The molecule has 0 aromatic carbocycles. The monoisotopic (exact) mass is 197 g/mol. The summed E-state index contributed by atoms with van der Waals surface area (Å²) in [5.41, 5.74) is 6.36. The zero-order valence-corrected chi connectivity index (χ0v) is 9.04. The third-order valence-corrected chi connectivity index (χ3v) is 4.48. The Labute approximate surface area is 86.9 Å². The molecule has 0 aromatic rings. The van der Waals surface area contributed by atoms with Gasteiger partial charge in [-0.2, -0.15) is 0 Å². The molecule has 3 N–H and O–H groups in total. The molecular weight excluding hydrogens is 174 g/mol. The highest BCUT2D eigenvalue weighted by Gasteiger charge is 2.44. The molecule has 2 saturated carbocycles. The van der Waals surface area contributed by atoms with E-state index in [0.717, 1.165) is 24.8 Å². The molecule has 0 saturated heterocycles. The Bertz CT molecular complexity index is 177. The van der Waals surface area contributed by atoms with E-state index < -0.39 is 0 Å². The Hall–Kier alpha value is -0.0800. The van der Waals surface area contributed by atoms with E-state index in [-0.39, 0.29) is 0 Å². The van der Waals surface area contributed by atoms with E-state index in [1.165, 1.54) is 38.5 Å². The minimum Gasteiger partial charge on any atom is -0.396 e. The fourth-order valence-corrected chi connectivity index (χ4v) is 3.50. The van der Waals surface area contributed by atoms with Crippen LogP contribution in [-0.2, 0) is 0 Å². The Morgan fingerprint density at radius 2 is 1.79 bits per heavy atom. The lowest BCUT2D eigenvalue weighted by molar-refractivity contribution is 0.00109. The second-order valence-electron chi connectivity index (χ2n) is 5.47. The molecule has 0 radical (unpaired) electrons. The highest BCUT2D eigenvalue weighted by Crippen LogP contribution is 2.55. The molecule has 14 heavy (non-hydrogen) atoms. The van der Waals surface area contributed by atoms with Crippen LogP contribution in [0.2, 0.25) is 0 Å². The predicted molar refractivity (Wildman–Crippen MR) is 57.9 cm³/mol. The first-order valence-electron chi connectivity index (χ1n) is 6.09. The highest BCUT2D eigenvalue weighted by atomic mass is 16.3. The van der Waals surface area contributed by atoms with Crippen molar-refractivity contribution in [2.24, 2.45) is 23.0 Å². The third-order valence-electron chi connectivity index (χ3n) is 4.48. The first-order chi connectivity index (χ1) is 6.78. The van der Waals surface area contributed by atoms with Gasteiger partial charge in [-0.15, -0.1) is 0 Å². The smallest absolute Gasteiger partial charge is 0.0433 e. The van der Waals surface area contributed by atoms with E-state index in [0.29, 0.717) is 12.0 Å². The molecule has 0 bridgehead atoms. The third kappa shape index (κ3) is 1.96. The maximum Gasteiger partial charge on any atom is 0.0433 e. The molecule has 0 aliphatic heterocycles. The van der Waals surface area contributed by atoms with Crippen LogP contribution in [0, 0.1) is 17.3 Å². The van der Waals surface area contributed by atoms with Crippen LogP contribution in [0.1, 0.15) is 44.9 Å². The summed E-state index contributed by atoms with van der Waals surface area (Å²) in [5.74, 6) is 1.63. The molecule has 2 rings (SSSR count). The van der Waals surface area contributed by atoms with Crippen molar-refractivity contribution >= 4 is 0 Å². The molecule has 2 aliphatic rings. The molecule has 2 heteroatoms. The summed E-state index contributed by atoms with van der Waals surface area (Å²) < 4.78 is 0. The SMILES string of the molecule is NCC1CC2(CCC(CCO)CC2)C1. The molecule has 0 atom stereocenters. The van der Waals surface area contributed by atoms with Crippen LogP contribution >= 0.6 is 0 Å². The van der Waals surface area contributed by atoms with Gasteiger partial charge in [0.1, 0.15) is 0 Å². The van der Waals surface area contributed by atoms with Crippen molar-refractivity contribution in [1.29, 1.82) is 0 Å². The van der Waals surface area contributed by atoms with Gasteiger partial charge in [-0.3, -0.25) is 0 Å². The number of hydrogen-bond donors (Lipinski definition) is 2. The first-order valence-corrected chi connectivity index (χ1v) is 6.09. The average molecular weight is 197 g/mol. The quantitative estimate of drug-likeness (QED) is 0.726. The molecule has 2 fully saturated rings. The molecule has 0 amide bonds. The summed E-state index contributed by atoms with van der Waals surface area (Å²) in [6.07, 6.45) is 9.28. The second-order valence-corrected chi connectivity index (χ2v) is 5.47. The number of aliphatic hydroxyl groups excluding tert-OH is 1. The zero-order chi connectivity index (χ0) is 10.0. The van der Waals surface area contributed by atoms with Crippen LogP contribution in [0.5, 0.6) is 0 Å². The molecule has 2 aliphatic carbocycles. The molecule has 1 spiro atoms. The lowest BCUT2D eigenvalue weighted by Crippen LogP contribution is -2.43. The van der Waals surface area contributed by atoms with Crippen molar-refractivity contribution in [2.45, 2.75) is 44.9 Å². The fourth-order valence-electron chi connectivity index (χ4n) is 3.50. The van der Waals surface area contributed by atoms with E-state index >= 15 is 0 Å². The summed E-state index contributed by atoms with van der Waals surface area (Å²) in [6.45, 7) is 1.27. The standard InChI is InChI=1S/C12H23NO/c13-9-11-7-12(8-11)4-1-10(2-5-12)3-6-14/h10-11,14H,1-9,13H2. The van der Waals surface area contributed by atoms with Crippen molar-refractivity contribution in [3.8, 4) is 0 Å². The first kappa shape index (κ1) is 10.4. The van der Waals surface area contributed by atoms with Gasteiger partial charge in [-0.05, 0) is 68.7 Å². The Balaban J connectivity index is 1.74. The van der Waals surface area contributed by atoms with E-state index in [1.54, 1.807) is 0 Å². The normalized spacial score (nSPS) is 42.4. The van der Waals surface area contributed by atoms with E-state index in [1.807, 2.05) is 0 Å². The number of nitrogens with two attached hydrogens (primary N) is 1. The largest absolute Gasteiger partial charge is 0.396 e. The van der Waals surface area contributed by atoms with Gasteiger partial charge in [-0.25, -0.2) is 0 Å². The van der Waals surface area contributed by atoms with Crippen LogP contribution in [0.15, 0.2) is 0 Å². The van der Waals surface area contributed by atoms with Gasteiger partial charge < -0.3 is 10.8 Å². The van der Waals surface area contributed by atoms with Crippen LogP contribution in [-0.4, -0.2) is 18.3 Å². The Morgan fingerprint density at radius 1 is 1.14 bits per heavy atom. The van der Waals surface area contributed by atoms with Crippen LogP contribution in [0.4, 0.5) is 0 Å². The van der Waals surface area contributed by atoms with Crippen molar-refractivity contribution in [3.63, 3.8) is 0 Å². The second kappa shape index (κ2) is 4.19. The summed E-state index contributed by atoms with van der Waals surface area (Å²) in [6, 6.07) is 0. The topological polar surface area (TPSA) is 46.2 Å². The lowest BCUT2D eigenvalue weighted by Gasteiger charge is -2.51. The lowest BCUT2D eigenvalue weighted by atomic mass is 9.54. The Morgan fingerprint density at radius 3 is 2.29 bits per heavy atom. The summed E-state index contributed by atoms with van der Waals surface area (Å²) in [7, 11) is 0. The number of aliphatic hydroxyl groups is 1. The zero-order valence-electron chi connectivity index (χ0n) is 9.04. The molecule has 0 unspecified atom stereocenters. The fraction of sp³-hybridized carbons (Fsp3) is 1.00. The van der Waals surface area contributed by atoms with Crippen molar-refractivity contribution in [2.75, 3.05) is 13.2 Å². The van der Waals surface area contributed by atoms with Gasteiger partial charge in [0.15, 0.2) is 0 Å². The minimum atomic E-state index is 0.378. The van der Waals surface area contributed by atoms with Crippen LogP contribution in [0.3, 0.4) is 0 Å². The van der Waals surface area contributed by atoms with Crippen LogP contribution < -0.4 is 5.73 Å². The molecule has 82 valence electrons. The number of rotatable bonds is 3. The predicted octanol–water partition coefficient (Wildman–Crippen LogP) is 1.91. The van der Waals surface area contributed by atoms with Gasteiger partial charge in [0.2, 0.25) is 0 Å².